The molecule has 0 atom stereocenters. The predicted octanol–water partition coefficient (Wildman–Crippen LogP) is 3.04. The number of benzene rings is 1. The maximum atomic E-state index is 12.3. The van der Waals surface area contributed by atoms with Crippen molar-refractivity contribution in [1.82, 2.24) is 10.7 Å². The molecule has 0 spiro atoms. The van der Waals surface area contributed by atoms with E-state index in [4.69, 9.17) is 4.42 Å². The van der Waals surface area contributed by atoms with Gasteiger partial charge in [-0.3, -0.25) is 19.7 Å². The van der Waals surface area contributed by atoms with Gasteiger partial charge in [-0.1, -0.05) is 19.1 Å². The highest BCUT2D eigenvalue weighted by molar-refractivity contribution is 6.06. The van der Waals surface area contributed by atoms with Gasteiger partial charge in [-0.2, -0.15) is 5.10 Å². The molecule has 0 bridgehead atoms. The number of nitro groups is 1. The van der Waals surface area contributed by atoms with Gasteiger partial charge in [0.25, 0.3) is 11.6 Å². The molecule has 1 aliphatic rings. The van der Waals surface area contributed by atoms with Crippen LogP contribution in [0.2, 0.25) is 0 Å². The Labute approximate surface area is 173 Å². The Morgan fingerprint density at radius 3 is 2.63 bits per heavy atom. The highest BCUT2D eigenvalue weighted by Crippen LogP contribution is 2.29. The molecule has 9 nitrogen and oxygen atoms in total. The predicted molar refractivity (Wildman–Crippen MR) is 110 cm³/mol. The quantitative estimate of drug-likeness (QED) is 0.534. The van der Waals surface area contributed by atoms with Crippen LogP contribution in [0, 0.1) is 17.0 Å². The van der Waals surface area contributed by atoms with Crippen molar-refractivity contribution in [3.05, 3.63) is 62.6 Å². The minimum absolute atomic E-state index is 0.0247. The smallest absolute Gasteiger partial charge is 0.287 e. The van der Waals surface area contributed by atoms with Gasteiger partial charge in [-0.25, -0.2) is 5.43 Å². The largest absolute Gasteiger partial charge is 0.455 e. The van der Waals surface area contributed by atoms with Crippen LogP contribution in [0.4, 0.5) is 5.69 Å². The van der Waals surface area contributed by atoms with E-state index in [0.717, 1.165) is 24.0 Å². The number of nitrogens with one attached hydrogen (secondary N) is 2. The normalized spacial score (nSPS) is 14.3. The summed E-state index contributed by atoms with van der Waals surface area (Å²) in [5, 5.41) is 17.8. The topological polar surface area (TPSA) is 127 Å². The molecular formula is C21H24N4O5. The first-order valence-corrected chi connectivity index (χ1v) is 9.90. The van der Waals surface area contributed by atoms with E-state index < -0.39 is 4.92 Å². The average molecular weight is 412 g/mol. The van der Waals surface area contributed by atoms with Gasteiger partial charge < -0.3 is 9.73 Å². The Hall–Kier alpha value is -3.49. The second kappa shape index (κ2) is 9.34. The number of furan rings is 1. The lowest BCUT2D eigenvalue weighted by Gasteiger charge is -2.13. The number of aryl methyl sites for hydroxylation is 1. The Kier molecular flexibility index (Phi) is 6.61. The summed E-state index contributed by atoms with van der Waals surface area (Å²) >= 11 is 0. The maximum absolute atomic E-state index is 12.3. The molecule has 2 aromatic rings. The molecule has 2 amide bonds. The van der Waals surface area contributed by atoms with Crippen LogP contribution in [-0.2, 0) is 17.6 Å². The van der Waals surface area contributed by atoms with Crippen molar-refractivity contribution >= 4 is 23.2 Å². The van der Waals surface area contributed by atoms with E-state index in [-0.39, 0.29) is 23.9 Å². The summed E-state index contributed by atoms with van der Waals surface area (Å²) in [6.07, 6.45) is 3.08. The van der Waals surface area contributed by atoms with Gasteiger partial charge in [-0.15, -0.1) is 0 Å². The summed E-state index contributed by atoms with van der Waals surface area (Å²) in [7, 11) is 0. The van der Waals surface area contributed by atoms with E-state index >= 15 is 0 Å². The van der Waals surface area contributed by atoms with E-state index in [2.05, 4.69) is 15.8 Å². The van der Waals surface area contributed by atoms with Crippen LogP contribution < -0.4 is 10.7 Å². The third kappa shape index (κ3) is 4.73. The molecule has 0 saturated carbocycles. The summed E-state index contributed by atoms with van der Waals surface area (Å²) in [5.41, 5.74) is 5.38. The molecule has 30 heavy (non-hydrogen) atoms. The summed E-state index contributed by atoms with van der Waals surface area (Å²) in [4.78, 5) is 34.8. The zero-order valence-corrected chi connectivity index (χ0v) is 17.0. The van der Waals surface area contributed by atoms with Gasteiger partial charge >= 0.3 is 0 Å². The summed E-state index contributed by atoms with van der Waals surface area (Å²) in [6, 6.07) is 5.82. The highest BCUT2D eigenvalue weighted by atomic mass is 16.6. The Bertz CT molecular complexity index is 992. The number of hydrazone groups is 1. The second-order valence-electron chi connectivity index (χ2n) is 7.16. The van der Waals surface area contributed by atoms with E-state index in [1.807, 2.05) is 13.8 Å². The second-order valence-corrected chi connectivity index (χ2v) is 7.16. The third-order valence-electron chi connectivity index (χ3n) is 4.89. The number of nitro benzene ring substituents is 1. The lowest BCUT2D eigenvalue weighted by Crippen LogP contribution is -2.24. The zero-order chi connectivity index (χ0) is 21.7. The summed E-state index contributed by atoms with van der Waals surface area (Å²) < 4.78 is 5.80. The first-order chi connectivity index (χ1) is 14.4. The first-order valence-electron chi connectivity index (χ1n) is 9.90. The number of hydrogen-bond donors (Lipinski definition) is 2. The minimum atomic E-state index is -0.486. The van der Waals surface area contributed by atoms with E-state index in [1.165, 1.54) is 12.1 Å². The van der Waals surface area contributed by atoms with Crippen molar-refractivity contribution < 1.29 is 18.9 Å². The van der Waals surface area contributed by atoms with Crippen LogP contribution >= 0.6 is 0 Å². The SMILES string of the molecule is CCCNC(=O)c1oc2c(c1C)/C(=N/NC(=O)Cc1ccc([N+](=O)[O-])cc1)CCC2. The van der Waals surface area contributed by atoms with Crippen LogP contribution in [0.25, 0.3) is 0 Å². The zero-order valence-electron chi connectivity index (χ0n) is 17.0. The van der Waals surface area contributed by atoms with Crippen molar-refractivity contribution in [3.63, 3.8) is 0 Å². The van der Waals surface area contributed by atoms with E-state index in [1.54, 1.807) is 12.1 Å². The van der Waals surface area contributed by atoms with Gasteiger partial charge in [0.05, 0.1) is 17.1 Å². The van der Waals surface area contributed by atoms with Gasteiger partial charge in [0.1, 0.15) is 5.76 Å². The molecule has 0 radical (unpaired) electrons. The fraction of sp³-hybridized carbons (Fsp3) is 0.381. The van der Waals surface area contributed by atoms with Crippen LogP contribution in [-0.4, -0.2) is 29.0 Å². The summed E-state index contributed by atoms with van der Waals surface area (Å²) in [6.45, 7) is 4.37. The Morgan fingerprint density at radius 2 is 1.97 bits per heavy atom. The van der Waals surface area contributed by atoms with Crippen molar-refractivity contribution in [3.8, 4) is 0 Å². The first kappa shape index (κ1) is 21.2. The standard InChI is InChI=1S/C21H24N4O5/c1-3-11-22-21(27)20-13(2)19-16(5-4-6-17(19)30-20)23-24-18(26)12-14-7-9-15(10-8-14)25(28)29/h7-10H,3-6,11-12H2,1-2H3,(H,22,27)(H,24,26)/b23-16+. The molecular weight excluding hydrogens is 388 g/mol. The fourth-order valence-corrected chi connectivity index (χ4v) is 3.41. The highest BCUT2D eigenvalue weighted by Gasteiger charge is 2.27. The number of amides is 2. The van der Waals surface area contributed by atoms with Crippen LogP contribution in [0.5, 0.6) is 0 Å². The maximum Gasteiger partial charge on any atom is 0.287 e. The van der Waals surface area contributed by atoms with Crippen molar-refractivity contribution in [1.29, 1.82) is 0 Å². The minimum Gasteiger partial charge on any atom is -0.455 e. The molecule has 3 rings (SSSR count). The van der Waals surface area contributed by atoms with Crippen molar-refractivity contribution in [2.45, 2.75) is 46.0 Å². The van der Waals surface area contributed by atoms with Crippen LogP contribution in [0.1, 0.15) is 59.2 Å². The van der Waals surface area contributed by atoms with Crippen molar-refractivity contribution in [2.24, 2.45) is 5.10 Å². The van der Waals surface area contributed by atoms with Gasteiger partial charge in [0.2, 0.25) is 5.91 Å². The molecule has 0 unspecified atom stereocenters. The monoisotopic (exact) mass is 412 g/mol. The molecule has 158 valence electrons. The van der Waals surface area contributed by atoms with Crippen LogP contribution in [0.3, 0.4) is 0 Å². The molecule has 1 aliphatic carbocycles. The molecule has 0 saturated heterocycles. The van der Waals surface area contributed by atoms with Crippen molar-refractivity contribution in [2.75, 3.05) is 6.54 Å². The molecule has 2 N–H and O–H groups in total. The lowest BCUT2D eigenvalue weighted by molar-refractivity contribution is -0.384. The fourth-order valence-electron chi connectivity index (χ4n) is 3.41. The number of carbonyl (C=O) groups is 2. The lowest BCUT2D eigenvalue weighted by atomic mass is 9.93. The molecule has 0 fully saturated rings. The van der Waals surface area contributed by atoms with Gasteiger partial charge in [0.15, 0.2) is 5.76 Å². The molecule has 0 aliphatic heterocycles. The van der Waals surface area contributed by atoms with Gasteiger partial charge in [-0.05, 0) is 31.7 Å². The van der Waals surface area contributed by atoms with E-state index in [0.29, 0.717) is 42.2 Å². The Morgan fingerprint density at radius 1 is 1.23 bits per heavy atom. The number of fused-ring (bicyclic) bond motifs is 1. The number of hydrogen-bond acceptors (Lipinski definition) is 6. The summed E-state index contributed by atoms with van der Waals surface area (Å²) in [5.74, 6) is 0.430. The van der Waals surface area contributed by atoms with E-state index in [9.17, 15) is 19.7 Å². The molecule has 1 aromatic carbocycles. The number of nitrogens with zero attached hydrogens (tertiary/aromatic N) is 2. The van der Waals surface area contributed by atoms with Gasteiger partial charge in [0, 0.05) is 36.2 Å². The van der Waals surface area contributed by atoms with Crippen LogP contribution in [0.15, 0.2) is 33.8 Å². The molecule has 9 heteroatoms. The third-order valence-corrected chi connectivity index (χ3v) is 4.89. The number of non-ortho nitro benzene ring substituents is 1. The Balaban J connectivity index is 1.71. The average Bonchev–Trinajstić information content (AvgIpc) is 3.08. The number of rotatable bonds is 7. The molecule has 1 aromatic heterocycles. The molecule has 1 heterocycles. The number of carbonyl (C=O) groups excluding carboxylic acids is 2.